The lowest BCUT2D eigenvalue weighted by molar-refractivity contribution is 0.256. The van der Waals surface area contributed by atoms with E-state index in [1.54, 1.807) is 0 Å². The first-order valence-electron chi connectivity index (χ1n) is 8.96. The van der Waals surface area contributed by atoms with Gasteiger partial charge in [0.1, 0.15) is 0 Å². The number of amides is 2. The molecule has 140 valence electrons. The second-order valence-corrected chi connectivity index (χ2v) is 8.33. The van der Waals surface area contributed by atoms with Crippen LogP contribution in [0.25, 0.3) is 6.08 Å². The fourth-order valence-electron chi connectivity index (χ4n) is 3.83. The molecule has 0 aliphatic heterocycles. The van der Waals surface area contributed by atoms with E-state index < -0.39 is 16.1 Å². The number of benzene rings is 1. The van der Waals surface area contributed by atoms with Crippen LogP contribution in [0.1, 0.15) is 40.8 Å². The highest BCUT2D eigenvalue weighted by Crippen LogP contribution is 2.38. The molecule has 2 N–H and O–H groups in total. The number of anilines is 1. The highest BCUT2D eigenvalue weighted by atomic mass is 32.2. The van der Waals surface area contributed by atoms with Gasteiger partial charge in [0.15, 0.2) is 0 Å². The average Bonchev–Trinajstić information content (AvgIpc) is 3.29. The molecule has 0 unspecified atom stereocenters. The molecule has 0 spiro atoms. The lowest BCUT2D eigenvalue weighted by Crippen LogP contribution is -2.33. The highest BCUT2D eigenvalue weighted by Gasteiger charge is 2.25. The lowest BCUT2D eigenvalue weighted by atomic mass is 9.99. The summed E-state index contributed by atoms with van der Waals surface area (Å²) in [5.41, 5.74) is 6.05. The lowest BCUT2D eigenvalue weighted by Gasteiger charge is -2.16. The van der Waals surface area contributed by atoms with Crippen molar-refractivity contribution in [1.29, 1.82) is 0 Å². The number of fused-ring (bicyclic) bond motifs is 2. The first-order valence-corrected chi connectivity index (χ1v) is 10.5. The van der Waals surface area contributed by atoms with Crippen LogP contribution in [0.5, 0.6) is 0 Å². The number of carbonyl (C=O) groups is 1. The quantitative estimate of drug-likeness (QED) is 0.844. The normalized spacial score (nSPS) is 15.6. The third kappa shape index (κ3) is 3.85. The van der Waals surface area contributed by atoms with E-state index in [4.69, 9.17) is 0 Å². The molecule has 2 aromatic rings. The predicted molar refractivity (Wildman–Crippen MR) is 103 cm³/mol. The zero-order valence-electron chi connectivity index (χ0n) is 14.7. The minimum Gasteiger partial charge on any atom is -0.307 e. The second kappa shape index (κ2) is 7.11. The van der Waals surface area contributed by atoms with E-state index in [2.05, 4.69) is 21.4 Å². The summed E-state index contributed by atoms with van der Waals surface area (Å²) in [6.07, 6.45) is 11.7. The molecule has 0 saturated carbocycles. The number of hydrogen-bond donors (Lipinski definition) is 2. The summed E-state index contributed by atoms with van der Waals surface area (Å²) in [6.45, 7) is 0. The summed E-state index contributed by atoms with van der Waals surface area (Å²) >= 11 is 0. The van der Waals surface area contributed by atoms with Gasteiger partial charge in [-0.3, -0.25) is 9.97 Å². The molecule has 2 aliphatic rings. The fourth-order valence-corrected chi connectivity index (χ4v) is 4.52. The van der Waals surface area contributed by atoms with E-state index in [0.717, 1.165) is 60.7 Å². The van der Waals surface area contributed by atoms with Crippen LogP contribution in [0.4, 0.5) is 10.5 Å². The Hall–Kier alpha value is -2.74. The third-order valence-electron chi connectivity index (χ3n) is 4.95. The largest absolute Gasteiger partial charge is 0.333 e. The monoisotopic (exact) mass is 384 g/mol. The number of hydrogen-bond acceptors (Lipinski definition) is 5. The molecule has 7 nitrogen and oxygen atoms in total. The summed E-state index contributed by atoms with van der Waals surface area (Å²) in [6, 6.07) is 1.52. The molecule has 0 atom stereocenters. The second-order valence-electron chi connectivity index (χ2n) is 6.77. The first kappa shape index (κ1) is 17.7. The van der Waals surface area contributed by atoms with Crippen LogP contribution in [0.3, 0.4) is 0 Å². The van der Waals surface area contributed by atoms with E-state index >= 15 is 0 Å². The first-order chi connectivity index (χ1) is 13.0. The van der Waals surface area contributed by atoms with E-state index in [-0.39, 0.29) is 0 Å². The summed E-state index contributed by atoms with van der Waals surface area (Å²) in [7, 11) is -3.94. The van der Waals surface area contributed by atoms with Crippen molar-refractivity contribution >= 4 is 27.8 Å². The molecule has 1 aromatic heterocycles. The summed E-state index contributed by atoms with van der Waals surface area (Å²) in [4.78, 5) is 20.2. The van der Waals surface area contributed by atoms with Crippen LogP contribution in [-0.2, 0) is 35.7 Å². The molecule has 1 heterocycles. The molecule has 0 fully saturated rings. The van der Waals surface area contributed by atoms with Crippen molar-refractivity contribution < 1.29 is 13.2 Å². The van der Waals surface area contributed by atoms with Gasteiger partial charge in [-0.15, -0.1) is 0 Å². The predicted octanol–water partition coefficient (Wildman–Crippen LogP) is 2.58. The molecule has 27 heavy (non-hydrogen) atoms. The van der Waals surface area contributed by atoms with Crippen molar-refractivity contribution in [3.05, 3.63) is 58.0 Å². The van der Waals surface area contributed by atoms with Gasteiger partial charge in [-0.05, 0) is 66.9 Å². The molecule has 2 aliphatic carbocycles. The summed E-state index contributed by atoms with van der Waals surface area (Å²) in [5.74, 6) is 0. The zero-order chi connectivity index (χ0) is 18.9. The number of nitrogens with zero attached hydrogens (tertiary/aromatic N) is 2. The maximum Gasteiger partial charge on any atom is 0.333 e. The topological polar surface area (TPSA) is 101 Å². The fraction of sp³-hybridized carbons (Fsp3) is 0.316. The summed E-state index contributed by atoms with van der Waals surface area (Å²) < 4.78 is 26.4. The number of nitrogens with one attached hydrogen (secondary N) is 2. The van der Waals surface area contributed by atoms with E-state index in [0.29, 0.717) is 5.69 Å². The smallest absolute Gasteiger partial charge is 0.307 e. The maximum atomic E-state index is 12.4. The van der Waals surface area contributed by atoms with Gasteiger partial charge in [0.2, 0.25) is 0 Å². The van der Waals surface area contributed by atoms with Gasteiger partial charge >= 0.3 is 6.03 Å². The van der Waals surface area contributed by atoms with Crippen LogP contribution < -0.4 is 10.0 Å². The SMILES string of the molecule is O=C(Nc1c2c(cc3c1CCC3)CCC2)NS(=O)(=O)/C=C/c1cnccn1. The Morgan fingerprint density at radius 2 is 1.74 bits per heavy atom. The standard InChI is InChI=1S/C19H20N4O3S/c24-19(23-27(25,26)10-7-15-12-20-8-9-21-15)22-18-16-5-1-3-13(16)11-14-4-2-6-17(14)18/h7-12H,1-6H2,(H2,22,23,24)/b10-7+. The van der Waals surface area contributed by atoms with Crippen molar-refractivity contribution in [2.45, 2.75) is 38.5 Å². The van der Waals surface area contributed by atoms with Crippen LogP contribution in [-0.4, -0.2) is 24.4 Å². The molecule has 0 saturated heterocycles. The Morgan fingerprint density at radius 1 is 1.04 bits per heavy atom. The van der Waals surface area contributed by atoms with Gasteiger partial charge in [0.05, 0.1) is 17.3 Å². The average molecular weight is 384 g/mol. The van der Waals surface area contributed by atoms with E-state index in [1.807, 2.05) is 4.72 Å². The van der Waals surface area contributed by atoms with Crippen LogP contribution in [0.2, 0.25) is 0 Å². The van der Waals surface area contributed by atoms with Crippen molar-refractivity contribution in [3.63, 3.8) is 0 Å². The van der Waals surface area contributed by atoms with E-state index in [9.17, 15) is 13.2 Å². The number of carbonyl (C=O) groups excluding carboxylic acids is 1. The van der Waals surface area contributed by atoms with Gasteiger partial charge in [-0.25, -0.2) is 17.9 Å². The van der Waals surface area contributed by atoms with Gasteiger partial charge in [0.25, 0.3) is 10.0 Å². The van der Waals surface area contributed by atoms with Gasteiger partial charge in [0, 0.05) is 18.1 Å². The maximum absolute atomic E-state index is 12.4. The minimum atomic E-state index is -3.94. The number of urea groups is 1. The van der Waals surface area contributed by atoms with Crippen LogP contribution in [0.15, 0.2) is 30.1 Å². The number of aryl methyl sites for hydroxylation is 2. The highest BCUT2D eigenvalue weighted by molar-refractivity contribution is 7.93. The Labute approximate surface area is 158 Å². The van der Waals surface area contributed by atoms with Crippen molar-refractivity contribution in [3.8, 4) is 0 Å². The Kier molecular flexibility index (Phi) is 4.65. The van der Waals surface area contributed by atoms with Crippen molar-refractivity contribution in [2.75, 3.05) is 5.32 Å². The van der Waals surface area contributed by atoms with Gasteiger partial charge in [-0.2, -0.15) is 0 Å². The Bertz CT molecular complexity index is 985. The molecule has 4 rings (SSSR count). The molecule has 8 heteroatoms. The molecule has 0 radical (unpaired) electrons. The molecule has 0 bridgehead atoms. The number of aromatic nitrogens is 2. The molecular formula is C19H20N4O3S. The van der Waals surface area contributed by atoms with Crippen molar-refractivity contribution in [1.82, 2.24) is 14.7 Å². The van der Waals surface area contributed by atoms with Crippen LogP contribution in [0, 0.1) is 0 Å². The van der Waals surface area contributed by atoms with Gasteiger partial charge in [-0.1, -0.05) is 6.07 Å². The summed E-state index contributed by atoms with van der Waals surface area (Å²) in [5, 5.41) is 3.72. The number of sulfonamides is 1. The minimum absolute atomic E-state index is 0.391. The number of rotatable bonds is 4. The Balaban J connectivity index is 1.51. The molecule has 1 aromatic carbocycles. The van der Waals surface area contributed by atoms with Crippen LogP contribution >= 0.6 is 0 Å². The zero-order valence-corrected chi connectivity index (χ0v) is 15.6. The molecule has 2 amide bonds. The molecular weight excluding hydrogens is 364 g/mol. The van der Waals surface area contributed by atoms with E-state index in [1.165, 1.54) is 35.8 Å². The third-order valence-corrected chi connectivity index (χ3v) is 5.91. The van der Waals surface area contributed by atoms with Crippen molar-refractivity contribution in [2.24, 2.45) is 0 Å². The Morgan fingerprint density at radius 3 is 2.37 bits per heavy atom. The van der Waals surface area contributed by atoms with Gasteiger partial charge < -0.3 is 5.32 Å².